The summed E-state index contributed by atoms with van der Waals surface area (Å²) >= 11 is 0. The quantitative estimate of drug-likeness (QED) is 0.445. The molecule has 0 unspecified atom stereocenters. The van der Waals surface area contributed by atoms with Crippen molar-refractivity contribution in [1.82, 2.24) is 10.6 Å². The van der Waals surface area contributed by atoms with E-state index in [0.29, 0.717) is 0 Å². The minimum Gasteiger partial charge on any atom is -0.249 e. The molecule has 0 atom stereocenters. The monoisotopic (exact) mass is 196 g/mol. The van der Waals surface area contributed by atoms with Crippen molar-refractivity contribution in [2.24, 2.45) is 0 Å². The van der Waals surface area contributed by atoms with Crippen LogP contribution in [0.4, 0.5) is 31.1 Å². The van der Waals surface area contributed by atoms with E-state index in [1.54, 1.807) is 0 Å². The summed E-state index contributed by atoms with van der Waals surface area (Å²) in [5.41, 5.74) is 0. The molecule has 0 aliphatic carbocycles. The maximum Gasteiger partial charge on any atom is 0.485 e. The number of nitrogens with one attached hydrogen (secondary N) is 2. The van der Waals surface area contributed by atoms with Crippen molar-refractivity contribution >= 4 is 6.03 Å². The Morgan fingerprint density at radius 3 is 1.25 bits per heavy atom. The Balaban J connectivity index is 3.92. The predicted octanol–water partition coefficient (Wildman–Crippen LogP) is 1.33. The summed E-state index contributed by atoms with van der Waals surface area (Å²) in [5, 5.41) is 0.211. The van der Waals surface area contributed by atoms with Crippen molar-refractivity contribution in [3.63, 3.8) is 0 Å². The molecule has 0 saturated carbocycles. The Morgan fingerprint density at radius 1 is 0.833 bits per heavy atom. The second-order valence-electron chi connectivity index (χ2n) is 1.57. The van der Waals surface area contributed by atoms with Crippen LogP contribution in [0.5, 0.6) is 0 Å². The molecular weight excluding hydrogens is 194 g/mol. The Labute approximate surface area is 61.7 Å². The smallest absolute Gasteiger partial charge is 0.249 e. The van der Waals surface area contributed by atoms with Crippen molar-refractivity contribution in [2.75, 3.05) is 0 Å². The Hall–Kier alpha value is -1.15. The van der Waals surface area contributed by atoms with Crippen LogP contribution in [0.15, 0.2) is 0 Å². The first-order valence-corrected chi connectivity index (χ1v) is 2.34. The summed E-state index contributed by atoms with van der Waals surface area (Å²) in [5.74, 6) is 0. The molecule has 9 heteroatoms. The summed E-state index contributed by atoms with van der Waals surface area (Å²) in [6, 6.07) is -2.37. The fourth-order valence-electron chi connectivity index (χ4n) is 0.289. The first kappa shape index (κ1) is 10.8. The van der Waals surface area contributed by atoms with E-state index >= 15 is 0 Å². The standard InChI is InChI=1S/C3H2F6N2O/c4-2(5,6)10-1(12)11-3(7,8)9/h(H2,10,11,12). The fourth-order valence-corrected chi connectivity index (χ4v) is 0.289. The maximum atomic E-state index is 11.1. The largest absolute Gasteiger partial charge is 0.485 e. The highest BCUT2D eigenvalue weighted by molar-refractivity contribution is 5.74. The Bertz CT molecular complexity index is 153. The summed E-state index contributed by atoms with van der Waals surface area (Å²) in [7, 11) is 0. The van der Waals surface area contributed by atoms with Crippen LogP contribution in [-0.2, 0) is 0 Å². The molecule has 0 heterocycles. The third-order valence-electron chi connectivity index (χ3n) is 0.511. The van der Waals surface area contributed by atoms with Gasteiger partial charge < -0.3 is 0 Å². The van der Waals surface area contributed by atoms with Gasteiger partial charge in [0.25, 0.3) is 0 Å². The van der Waals surface area contributed by atoms with Crippen LogP contribution in [0.1, 0.15) is 0 Å². The number of hydrogen-bond donors (Lipinski definition) is 2. The van der Waals surface area contributed by atoms with Gasteiger partial charge in [-0.3, -0.25) is 0 Å². The average molecular weight is 196 g/mol. The lowest BCUT2D eigenvalue weighted by Gasteiger charge is -2.11. The van der Waals surface area contributed by atoms with Crippen LogP contribution < -0.4 is 10.6 Å². The number of hydrogen-bond acceptors (Lipinski definition) is 1. The Kier molecular flexibility index (Phi) is 2.78. The van der Waals surface area contributed by atoms with Gasteiger partial charge in [-0.2, -0.15) is 26.3 Å². The van der Waals surface area contributed by atoms with Crippen molar-refractivity contribution < 1.29 is 31.1 Å². The Morgan fingerprint density at radius 2 is 1.08 bits per heavy atom. The molecule has 0 fully saturated rings. The molecule has 0 radical (unpaired) electrons. The summed E-state index contributed by atoms with van der Waals surface area (Å²) < 4.78 is 66.9. The third kappa shape index (κ3) is 6.96. The van der Waals surface area contributed by atoms with Gasteiger partial charge in [-0.05, 0) is 0 Å². The molecule has 2 N–H and O–H groups in total. The second kappa shape index (κ2) is 3.07. The lowest BCUT2D eigenvalue weighted by atomic mass is 10.9. The van der Waals surface area contributed by atoms with Gasteiger partial charge in [-0.1, -0.05) is 0 Å². The van der Waals surface area contributed by atoms with E-state index < -0.39 is 18.6 Å². The molecule has 0 spiro atoms. The SMILES string of the molecule is O=C(NC(F)(F)F)NC(F)(F)F. The number of halogens is 6. The van der Waals surface area contributed by atoms with Crippen molar-refractivity contribution in [3.8, 4) is 0 Å². The third-order valence-corrected chi connectivity index (χ3v) is 0.511. The highest BCUT2D eigenvalue weighted by atomic mass is 19.4. The predicted molar refractivity (Wildman–Crippen MR) is 23.8 cm³/mol. The van der Waals surface area contributed by atoms with Gasteiger partial charge in [-0.25, -0.2) is 15.4 Å². The second-order valence-corrected chi connectivity index (χ2v) is 1.57. The number of alkyl halides is 6. The van der Waals surface area contributed by atoms with Gasteiger partial charge in [0.15, 0.2) is 0 Å². The molecule has 0 aromatic carbocycles. The molecule has 2 amide bonds. The van der Waals surface area contributed by atoms with E-state index in [4.69, 9.17) is 0 Å². The van der Waals surface area contributed by atoms with Crippen LogP contribution in [0, 0.1) is 0 Å². The van der Waals surface area contributed by atoms with Crippen LogP contribution >= 0.6 is 0 Å². The molecule has 0 rings (SSSR count). The zero-order valence-electron chi connectivity index (χ0n) is 5.18. The van der Waals surface area contributed by atoms with E-state index in [1.807, 2.05) is 0 Å². The molecule has 0 bridgehead atoms. The molecule has 0 aliphatic heterocycles. The number of carbonyl (C=O) groups is 1. The molecule has 3 nitrogen and oxygen atoms in total. The molecular formula is C3H2F6N2O. The van der Waals surface area contributed by atoms with Gasteiger partial charge in [0.05, 0.1) is 0 Å². The van der Waals surface area contributed by atoms with Crippen LogP contribution in [0.2, 0.25) is 0 Å². The lowest BCUT2D eigenvalue weighted by Crippen LogP contribution is -2.49. The topological polar surface area (TPSA) is 41.1 Å². The van der Waals surface area contributed by atoms with Crippen LogP contribution in [0.25, 0.3) is 0 Å². The van der Waals surface area contributed by atoms with Crippen molar-refractivity contribution in [2.45, 2.75) is 12.6 Å². The normalized spacial score (nSPS) is 12.5. The molecule has 0 saturated heterocycles. The summed E-state index contributed by atoms with van der Waals surface area (Å²) in [4.78, 5) is 9.81. The maximum absolute atomic E-state index is 11.1. The van der Waals surface area contributed by atoms with Crippen LogP contribution in [-0.4, -0.2) is 18.6 Å². The first-order valence-electron chi connectivity index (χ1n) is 2.34. The molecule has 0 aliphatic rings. The minimum absolute atomic E-state index is 0.106. The van der Waals surface area contributed by atoms with E-state index in [1.165, 1.54) is 0 Å². The van der Waals surface area contributed by atoms with Gasteiger partial charge in [0.2, 0.25) is 0 Å². The number of urea groups is 1. The van der Waals surface area contributed by atoms with E-state index in [-0.39, 0.29) is 10.6 Å². The van der Waals surface area contributed by atoms with Crippen molar-refractivity contribution in [3.05, 3.63) is 0 Å². The van der Waals surface area contributed by atoms with E-state index in [0.717, 1.165) is 0 Å². The highest BCUT2D eigenvalue weighted by Crippen LogP contribution is 2.12. The van der Waals surface area contributed by atoms with E-state index in [2.05, 4.69) is 0 Å². The zero-order chi connectivity index (χ0) is 9.99. The first-order chi connectivity index (χ1) is 5.10. The number of amides is 2. The molecule has 72 valence electrons. The average Bonchev–Trinajstić information content (AvgIpc) is 1.49. The molecule has 12 heavy (non-hydrogen) atoms. The van der Waals surface area contributed by atoms with Crippen LogP contribution in [0.3, 0.4) is 0 Å². The highest BCUT2D eigenvalue weighted by Gasteiger charge is 2.36. The van der Waals surface area contributed by atoms with Gasteiger partial charge in [-0.15, -0.1) is 0 Å². The number of rotatable bonds is 0. The van der Waals surface area contributed by atoms with Crippen molar-refractivity contribution in [1.29, 1.82) is 0 Å². The number of carbonyl (C=O) groups excluding carboxylic acids is 1. The molecule has 0 aromatic heterocycles. The minimum atomic E-state index is -5.17. The van der Waals surface area contributed by atoms with Gasteiger partial charge in [0, 0.05) is 0 Å². The van der Waals surface area contributed by atoms with Gasteiger partial charge in [0.1, 0.15) is 0 Å². The lowest BCUT2D eigenvalue weighted by molar-refractivity contribution is -0.160. The molecule has 0 aromatic rings. The van der Waals surface area contributed by atoms with Gasteiger partial charge >= 0.3 is 18.6 Å². The fraction of sp³-hybridized carbons (Fsp3) is 0.667. The van der Waals surface area contributed by atoms with E-state index in [9.17, 15) is 31.1 Å². The summed E-state index contributed by atoms with van der Waals surface area (Å²) in [6.07, 6.45) is -10.3. The summed E-state index contributed by atoms with van der Waals surface area (Å²) in [6.45, 7) is 0. The zero-order valence-corrected chi connectivity index (χ0v) is 5.18.